The molecule has 0 amide bonds. The van der Waals surface area contributed by atoms with E-state index in [-0.39, 0.29) is 0 Å². The minimum atomic E-state index is 0.401. The van der Waals surface area contributed by atoms with Crippen LogP contribution in [0.15, 0.2) is 60.1 Å². The number of hydrogen-bond donors (Lipinski definition) is 1. The number of unbranched alkanes of at least 4 members (excludes halogenated alkanes) is 2. The van der Waals surface area contributed by atoms with Crippen LogP contribution in [-0.4, -0.2) is 27.0 Å². The molecule has 0 fully saturated rings. The molecule has 0 spiro atoms. The number of fused-ring (bicyclic) bond motifs is 3. The number of halogens is 2. The molecular weight excluding hydrogens is 417 g/mol. The zero-order valence-corrected chi connectivity index (χ0v) is 18.1. The zero-order chi connectivity index (χ0) is 20.9. The summed E-state index contributed by atoms with van der Waals surface area (Å²) in [5, 5.41) is 13.5. The van der Waals surface area contributed by atoms with Gasteiger partial charge >= 0.3 is 0 Å². The predicted molar refractivity (Wildman–Crippen MR) is 123 cm³/mol. The van der Waals surface area contributed by atoms with Crippen LogP contribution in [0.25, 0.3) is 5.69 Å². The van der Waals surface area contributed by atoms with Crippen LogP contribution in [0.4, 0.5) is 0 Å². The molecule has 2 aromatic carbocycles. The Hall–Kier alpha value is -2.47. The van der Waals surface area contributed by atoms with Gasteiger partial charge in [-0.1, -0.05) is 53.5 Å². The van der Waals surface area contributed by atoms with Crippen molar-refractivity contribution < 1.29 is 0 Å². The van der Waals surface area contributed by atoms with Crippen molar-refractivity contribution in [2.45, 2.75) is 32.4 Å². The summed E-state index contributed by atoms with van der Waals surface area (Å²) in [6, 6.07) is 13.5. The molecular formula is C23H23Cl2N5. The van der Waals surface area contributed by atoms with E-state index in [9.17, 15) is 0 Å². The Labute approximate surface area is 186 Å². The highest BCUT2D eigenvalue weighted by Crippen LogP contribution is 2.32. The predicted octanol–water partition coefficient (Wildman–Crippen LogP) is 5.37. The number of aliphatic imine (C=N–C) groups is 1. The van der Waals surface area contributed by atoms with Crippen molar-refractivity contribution in [3.63, 3.8) is 0 Å². The van der Waals surface area contributed by atoms with E-state index in [4.69, 9.17) is 28.2 Å². The summed E-state index contributed by atoms with van der Waals surface area (Å²) in [5.41, 5.74) is 3.39. The summed E-state index contributed by atoms with van der Waals surface area (Å²) < 4.78 is 2.06. The molecule has 0 atom stereocenters. The van der Waals surface area contributed by atoms with E-state index >= 15 is 0 Å². The monoisotopic (exact) mass is 439 g/mol. The van der Waals surface area contributed by atoms with Gasteiger partial charge in [-0.15, -0.1) is 16.8 Å². The highest BCUT2D eigenvalue weighted by molar-refractivity contribution is 6.39. The minimum absolute atomic E-state index is 0.401. The van der Waals surface area contributed by atoms with E-state index < -0.39 is 0 Å². The Bertz CT molecular complexity index is 1090. The molecule has 0 saturated heterocycles. The van der Waals surface area contributed by atoms with Gasteiger partial charge in [-0.2, -0.15) is 0 Å². The van der Waals surface area contributed by atoms with Gasteiger partial charge in [0.25, 0.3) is 0 Å². The second-order valence-electron chi connectivity index (χ2n) is 7.11. The first-order valence-corrected chi connectivity index (χ1v) is 10.8. The zero-order valence-electron chi connectivity index (χ0n) is 16.6. The first-order valence-electron chi connectivity index (χ1n) is 10.0. The van der Waals surface area contributed by atoms with Crippen LogP contribution >= 0.6 is 23.2 Å². The van der Waals surface area contributed by atoms with Crippen molar-refractivity contribution in [1.82, 2.24) is 20.1 Å². The lowest BCUT2D eigenvalue weighted by atomic mass is 10.00. The molecule has 3 aromatic rings. The van der Waals surface area contributed by atoms with Crippen LogP contribution in [0.3, 0.4) is 0 Å². The van der Waals surface area contributed by atoms with Gasteiger partial charge in [-0.05, 0) is 44.0 Å². The van der Waals surface area contributed by atoms with Gasteiger partial charge in [0.1, 0.15) is 6.54 Å². The average molecular weight is 440 g/mol. The first-order chi connectivity index (χ1) is 14.7. The number of nitrogens with one attached hydrogen (secondary N) is 1. The Morgan fingerprint density at radius 3 is 2.70 bits per heavy atom. The molecule has 1 aliphatic heterocycles. The second kappa shape index (κ2) is 9.56. The fourth-order valence-corrected chi connectivity index (χ4v) is 4.11. The third kappa shape index (κ3) is 4.19. The lowest BCUT2D eigenvalue weighted by Crippen LogP contribution is -2.19. The van der Waals surface area contributed by atoms with E-state index in [1.165, 1.54) is 0 Å². The van der Waals surface area contributed by atoms with Gasteiger partial charge in [0.05, 0.1) is 23.0 Å². The van der Waals surface area contributed by atoms with Gasteiger partial charge < -0.3 is 5.32 Å². The fourth-order valence-electron chi connectivity index (χ4n) is 3.62. The second-order valence-corrected chi connectivity index (χ2v) is 7.92. The molecule has 30 heavy (non-hydrogen) atoms. The van der Waals surface area contributed by atoms with E-state index in [0.717, 1.165) is 60.0 Å². The Morgan fingerprint density at radius 2 is 1.87 bits per heavy atom. The third-order valence-electron chi connectivity index (χ3n) is 5.07. The Balaban J connectivity index is 1.69. The first kappa shape index (κ1) is 20.8. The quantitative estimate of drug-likeness (QED) is 0.379. The highest BCUT2D eigenvalue weighted by atomic mass is 35.5. The summed E-state index contributed by atoms with van der Waals surface area (Å²) in [4.78, 5) is 4.84. The lowest BCUT2D eigenvalue weighted by Gasteiger charge is -2.15. The van der Waals surface area contributed by atoms with E-state index in [1.54, 1.807) is 0 Å². The van der Waals surface area contributed by atoms with E-state index in [0.29, 0.717) is 23.1 Å². The van der Waals surface area contributed by atoms with Crippen LogP contribution < -0.4 is 5.32 Å². The smallest absolute Gasteiger partial charge is 0.159 e. The summed E-state index contributed by atoms with van der Waals surface area (Å²) in [7, 11) is 0. The summed E-state index contributed by atoms with van der Waals surface area (Å²) in [5.74, 6) is 1.62. The molecule has 0 radical (unpaired) electrons. The third-order valence-corrected chi connectivity index (χ3v) is 5.71. The van der Waals surface area contributed by atoms with Crippen LogP contribution in [0.1, 0.15) is 42.0 Å². The van der Waals surface area contributed by atoms with Crippen LogP contribution in [0, 0.1) is 0 Å². The van der Waals surface area contributed by atoms with Crippen LogP contribution in [0.5, 0.6) is 0 Å². The maximum atomic E-state index is 6.67. The summed E-state index contributed by atoms with van der Waals surface area (Å²) in [6.45, 7) is 5.70. The SMILES string of the molecule is C=CCCCCNCc1nnc2n1-c1cccc(Cl)c1C(c1ccccc1Cl)=NC2. The van der Waals surface area contributed by atoms with Gasteiger partial charge in [-0.3, -0.25) is 9.56 Å². The maximum Gasteiger partial charge on any atom is 0.159 e. The lowest BCUT2D eigenvalue weighted by molar-refractivity contribution is 0.604. The molecule has 0 unspecified atom stereocenters. The maximum absolute atomic E-state index is 6.67. The molecule has 1 N–H and O–H groups in total. The molecule has 2 heterocycles. The highest BCUT2D eigenvalue weighted by Gasteiger charge is 2.25. The van der Waals surface area contributed by atoms with Gasteiger partial charge in [0.2, 0.25) is 0 Å². The molecule has 1 aromatic heterocycles. The van der Waals surface area contributed by atoms with Gasteiger partial charge in [0.15, 0.2) is 11.6 Å². The van der Waals surface area contributed by atoms with E-state index in [2.05, 4.69) is 26.7 Å². The molecule has 0 saturated carbocycles. The van der Waals surface area contributed by atoms with Crippen molar-refractivity contribution in [3.8, 4) is 5.69 Å². The van der Waals surface area contributed by atoms with Crippen molar-refractivity contribution in [3.05, 3.63) is 87.9 Å². The largest absolute Gasteiger partial charge is 0.310 e. The number of hydrogen-bond acceptors (Lipinski definition) is 4. The number of allylic oxidation sites excluding steroid dienone is 1. The molecule has 5 nitrogen and oxygen atoms in total. The van der Waals surface area contributed by atoms with Crippen LogP contribution in [-0.2, 0) is 13.1 Å². The van der Waals surface area contributed by atoms with E-state index in [1.807, 2.05) is 48.5 Å². The molecule has 0 aliphatic carbocycles. The topological polar surface area (TPSA) is 55.1 Å². The molecule has 1 aliphatic rings. The van der Waals surface area contributed by atoms with Crippen molar-refractivity contribution in [1.29, 1.82) is 0 Å². The number of rotatable bonds is 8. The Morgan fingerprint density at radius 1 is 1.03 bits per heavy atom. The average Bonchev–Trinajstić information content (AvgIpc) is 3.07. The summed E-state index contributed by atoms with van der Waals surface area (Å²) >= 11 is 13.2. The molecule has 7 heteroatoms. The van der Waals surface area contributed by atoms with Crippen molar-refractivity contribution >= 4 is 28.9 Å². The summed E-state index contributed by atoms with van der Waals surface area (Å²) in [6.07, 6.45) is 5.21. The fraction of sp³-hybridized carbons (Fsp3) is 0.261. The molecule has 0 bridgehead atoms. The minimum Gasteiger partial charge on any atom is -0.310 e. The Kier molecular flexibility index (Phi) is 6.62. The molecule has 4 rings (SSSR count). The standard InChI is InChI=1S/C23H23Cl2N5/c1-2-3-4-7-13-26-14-20-28-29-21-15-27-23(16-9-5-6-10-17(16)24)22-18(25)11-8-12-19(22)30(20)21/h2,5-6,8-12,26H,1,3-4,7,13-15H2. The van der Waals surface area contributed by atoms with Gasteiger partial charge in [0, 0.05) is 16.1 Å². The van der Waals surface area contributed by atoms with Crippen molar-refractivity contribution in [2.24, 2.45) is 4.99 Å². The normalized spacial score (nSPS) is 12.7. The number of nitrogens with zero attached hydrogens (tertiary/aromatic N) is 4. The number of benzene rings is 2. The number of aromatic nitrogens is 3. The van der Waals surface area contributed by atoms with Crippen LogP contribution in [0.2, 0.25) is 10.0 Å². The van der Waals surface area contributed by atoms with Gasteiger partial charge in [-0.25, -0.2) is 0 Å². The molecule has 154 valence electrons. The van der Waals surface area contributed by atoms with Crippen molar-refractivity contribution in [2.75, 3.05) is 6.54 Å².